The van der Waals surface area contributed by atoms with Crippen LogP contribution in [0.2, 0.25) is 0 Å². The Hall–Kier alpha value is -1.82. The van der Waals surface area contributed by atoms with Crippen LogP contribution in [0.25, 0.3) is 0 Å². The Bertz CT molecular complexity index is 476. The van der Waals surface area contributed by atoms with E-state index in [1.54, 1.807) is 25.1 Å². The molecule has 1 aromatic rings. The van der Waals surface area contributed by atoms with Crippen molar-refractivity contribution in [2.45, 2.75) is 6.92 Å². The van der Waals surface area contributed by atoms with Crippen LogP contribution in [0.1, 0.15) is 14.5 Å². The van der Waals surface area contributed by atoms with Crippen LogP contribution >= 0.6 is 11.3 Å². The molecule has 0 saturated carbocycles. The molecule has 0 aliphatic rings. The third-order valence-corrected chi connectivity index (χ3v) is 2.93. The van der Waals surface area contributed by atoms with Gasteiger partial charge in [0.15, 0.2) is 22.7 Å². The molecule has 0 fully saturated rings. The van der Waals surface area contributed by atoms with E-state index in [4.69, 9.17) is 4.74 Å². The van der Waals surface area contributed by atoms with Gasteiger partial charge in [0.2, 0.25) is 0 Å². The molecule has 5 nitrogen and oxygen atoms in total. The molecule has 0 unspecified atom stereocenters. The maximum atomic E-state index is 11.5. The van der Waals surface area contributed by atoms with Gasteiger partial charge in [-0.3, -0.25) is 4.79 Å². The zero-order valence-corrected chi connectivity index (χ0v) is 11.5. The van der Waals surface area contributed by atoms with Gasteiger partial charge in [0, 0.05) is 25.2 Å². The van der Waals surface area contributed by atoms with Gasteiger partial charge in [-0.2, -0.15) is 0 Å². The Morgan fingerprint density at radius 2 is 2.11 bits per heavy atom. The van der Waals surface area contributed by atoms with Gasteiger partial charge in [-0.25, -0.2) is 4.79 Å². The number of aldehydes is 1. The second kappa shape index (κ2) is 6.20. The average Bonchev–Trinajstić information content (AvgIpc) is 2.67. The van der Waals surface area contributed by atoms with Crippen molar-refractivity contribution in [2.75, 3.05) is 21.2 Å². The SMILES string of the molecule is COC(=O)c1sc(C)cc1O/C(C=O)=C/N(C)C. The fourth-order valence-electron chi connectivity index (χ4n) is 1.26. The van der Waals surface area contributed by atoms with E-state index >= 15 is 0 Å². The van der Waals surface area contributed by atoms with Gasteiger partial charge in [-0.05, 0) is 13.0 Å². The number of nitrogens with zero attached hydrogens (tertiary/aromatic N) is 1. The Morgan fingerprint density at radius 3 is 2.61 bits per heavy atom. The van der Waals surface area contributed by atoms with Crippen molar-refractivity contribution in [1.82, 2.24) is 4.90 Å². The fraction of sp³-hybridized carbons (Fsp3) is 0.333. The molecule has 0 radical (unpaired) electrons. The van der Waals surface area contributed by atoms with Crippen molar-refractivity contribution in [3.05, 3.63) is 27.8 Å². The lowest BCUT2D eigenvalue weighted by molar-refractivity contribution is -0.106. The molecule has 0 bridgehead atoms. The van der Waals surface area contributed by atoms with E-state index in [2.05, 4.69) is 4.74 Å². The lowest BCUT2D eigenvalue weighted by Gasteiger charge is -2.08. The molecule has 6 heteroatoms. The van der Waals surface area contributed by atoms with Gasteiger partial charge in [-0.1, -0.05) is 0 Å². The van der Waals surface area contributed by atoms with Crippen molar-refractivity contribution >= 4 is 23.6 Å². The van der Waals surface area contributed by atoms with Crippen molar-refractivity contribution in [3.8, 4) is 5.75 Å². The zero-order chi connectivity index (χ0) is 13.7. The number of hydrogen-bond acceptors (Lipinski definition) is 6. The number of carbonyl (C=O) groups excluding carboxylic acids is 2. The number of thiophene rings is 1. The monoisotopic (exact) mass is 269 g/mol. The Morgan fingerprint density at radius 1 is 1.44 bits per heavy atom. The molecule has 18 heavy (non-hydrogen) atoms. The van der Waals surface area contributed by atoms with E-state index in [0.29, 0.717) is 16.9 Å². The van der Waals surface area contributed by atoms with Crippen LogP contribution in [0.3, 0.4) is 0 Å². The average molecular weight is 269 g/mol. The second-order valence-corrected chi connectivity index (χ2v) is 5.01. The third-order valence-electron chi connectivity index (χ3n) is 1.92. The number of methoxy groups -OCH3 is 1. The topological polar surface area (TPSA) is 55.8 Å². The number of carbonyl (C=O) groups is 2. The van der Waals surface area contributed by atoms with Gasteiger partial charge in [-0.15, -0.1) is 11.3 Å². The third kappa shape index (κ3) is 3.59. The highest BCUT2D eigenvalue weighted by Crippen LogP contribution is 2.30. The van der Waals surface area contributed by atoms with Crippen LogP contribution in [-0.2, 0) is 9.53 Å². The maximum absolute atomic E-state index is 11.5. The standard InChI is InChI=1S/C12H15NO4S/c1-8-5-10(11(18-8)12(15)16-4)17-9(7-14)6-13(2)3/h5-7H,1-4H3/b9-6+. The highest BCUT2D eigenvalue weighted by molar-refractivity contribution is 7.14. The minimum atomic E-state index is -0.474. The largest absolute Gasteiger partial charge is 0.465 e. The Balaban J connectivity index is 3.03. The molecular formula is C12H15NO4S. The first-order valence-corrected chi connectivity index (χ1v) is 5.99. The highest BCUT2D eigenvalue weighted by Gasteiger charge is 2.18. The van der Waals surface area contributed by atoms with E-state index in [0.717, 1.165) is 4.88 Å². The molecule has 1 aromatic heterocycles. The summed E-state index contributed by atoms with van der Waals surface area (Å²) in [5.74, 6) is -0.00861. The molecule has 1 rings (SSSR count). The molecule has 0 saturated heterocycles. The van der Waals surface area contributed by atoms with Crippen LogP contribution in [0.15, 0.2) is 18.0 Å². The summed E-state index contributed by atoms with van der Waals surface area (Å²) in [6.45, 7) is 1.85. The summed E-state index contributed by atoms with van der Waals surface area (Å²) in [5, 5.41) is 0. The normalized spacial score (nSPS) is 11.0. The minimum absolute atomic E-state index is 0.128. The van der Waals surface area contributed by atoms with Crippen LogP contribution < -0.4 is 4.74 Å². The predicted molar refractivity (Wildman–Crippen MR) is 68.9 cm³/mol. The first-order chi connectivity index (χ1) is 8.47. The molecule has 0 aliphatic heterocycles. The smallest absolute Gasteiger partial charge is 0.351 e. The molecule has 98 valence electrons. The zero-order valence-electron chi connectivity index (χ0n) is 10.7. The number of rotatable bonds is 5. The predicted octanol–water partition coefficient (Wildman–Crippen LogP) is 1.82. The number of ether oxygens (including phenoxy) is 2. The highest BCUT2D eigenvalue weighted by atomic mass is 32.1. The first kappa shape index (κ1) is 14.2. The molecule has 0 aromatic carbocycles. The summed E-state index contributed by atoms with van der Waals surface area (Å²) in [5.41, 5.74) is 0. The van der Waals surface area contributed by atoms with Crippen molar-refractivity contribution in [3.63, 3.8) is 0 Å². The fourth-order valence-corrected chi connectivity index (χ4v) is 2.12. The summed E-state index contributed by atoms with van der Waals surface area (Å²) in [4.78, 5) is 25.3. The molecule has 0 aliphatic carbocycles. The summed E-state index contributed by atoms with van der Waals surface area (Å²) in [7, 11) is 4.84. The molecule has 0 atom stereocenters. The van der Waals surface area contributed by atoms with E-state index < -0.39 is 5.97 Å². The lowest BCUT2D eigenvalue weighted by atomic mass is 10.4. The van der Waals surface area contributed by atoms with E-state index in [9.17, 15) is 9.59 Å². The quantitative estimate of drug-likeness (QED) is 0.353. The minimum Gasteiger partial charge on any atom is -0.465 e. The van der Waals surface area contributed by atoms with E-state index in [-0.39, 0.29) is 5.76 Å². The van der Waals surface area contributed by atoms with E-state index in [1.165, 1.54) is 24.6 Å². The molecular weight excluding hydrogens is 254 g/mol. The molecule has 0 spiro atoms. The lowest BCUT2D eigenvalue weighted by Crippen LogP contribution is -2.08. The first-order valence-electron chi connectivity index (χ1n) is 5.18. The molecule has 0 N–H and O–H groups in total. The number of hydrogen-bond donors (Lipinski definition) is 0. The summed E-state index contributed by atoms with van der Waals surface area (Å²) < 4.78 is 10.1. The van der Waals surface area contributed by atoms with Gasteiger partial charge < -0.3 is 14.4 Å². The van der Waals surface area contributed by atoms with Crippen LogP contribution in [0, 0.1) is 6.92 Å². The molecule has 1 heterocycles. The van der Waals surface area contributed by atoms with Crippen LogP contribution in [-0.4, -0.2) is 38.4 Å². The molecule has 0 amide bonds. The van der Waals surface area contributed by atoms with Crippen molar-refractivity contribution in [2.24, 2.45) is 0 Å². The number of aryl methyl sites for hydroxylation is 1. The maximum Gasteiger partial charge on any atom is 0.351 e. The number of allylic oxidation sites excluding steroid dienone is 1. The second-order valence-electron chi connectivity index (χ2n) is 3.76. The van der Waals surface area contributed by atoms with Gasteiger partial charge in [0.1, 0.15) is 0 Å². The van der Waals surface area contributed by atoms with Crippen LogP contribution in [0.5, 0.6) is 5.75 Å². The van der Waals surface area contributed by atoms with Gasteiger partial charge in [0.05, 0.1) is 7.11 Å². The van der Waals surface area contributed by atoms with Crippen LogP contribution in [0.4, 0.5) is 0 Å². The summed E-state index contributed by atoms with van der Waals surface area (Å²) >= 11 is 1.26. The summed E-state index contributed by atoms with van der Waals surface area (Å²) in [6, 6.07) is 1.70. The van der Waals surface area contributed by atoms with Crippen molar-refractivity contribution < 1.29 is 19.1 Å². The van der Waals surface area contributed by atoms with Gasteiger partial charge >= 0.3 is 5.97 Å². The Kier molecular flexibility index (Phi) is 4.91. The van der Waals surface area contributed by atoms with Gasteiger partial charge in [0.25, 0.3) is 0 Å². The Labute approximate surface area is 110 Å². The van der Waals surface area contributed by atoms with Crippen molar-refractivity contribution in [1.29, 1.82) is 0 Å². The summed E-state index contributed by atoms with van der Waals surface area (Å²) in [6.07, 6.45) is 2.12. The number of esters is 1. The van der Waals surface area contributed by atoms with E-state index in [1.807, 2.05) is 6.92 Å².